The third-order valence-electron chi connectivity index (χ3n) is 2.87. The van der Waals surface area contributed by atoms with Gasteiger partial charge in [-0.05, 0) is 17.7 Å². The molecule has 1 N–H and O–H groups in total. The number of nitrogens with zero attached hydrogens (tertiary/aromatic N) is 2. The molecule has 1 aliphatic heterocycles. The van der Waals surface area contributed by atoms with Crippen molar-refractivity contribution < 1.29 is 9.53 Å². The highest BCUT2D eigenvalue weighted by Gasteiger charge is 2.26. The van der Waals surface area contributed by atoms with Gasteiger partial charge in [-0.2, -0.15) is 0 Å². The Morgan fingerprint density at radius 2 is 2.17 bits per heavy atom. The molecule has 6 heteroatoms. The lowest BCUT2D eigenvalue weighted by atomic mass is 10.1. The van der Waals surface area contributed by atoms with Crippen LogP contribution in [0, 0.1) is 0 Å². The molecule has 0 bridgehead atoms. The number of amides is 1. The highest BCUT2D eigenvalue weighted by Crippen LogP contribution is 2.25. The average molecular weight is 312 g/mol. The van der Waals surface area contributed by atoms with Crippen LogP contribution < -0.4 is 5.32 Å². The Balaban J connectivity index is 2.07. The zero-order valence-corrected chi connectivity index (χ0v) is 11.8. The van der Waals surface area contributed by atoms with Gasteiger partial charge in [0.15, 0.2) is 0 Å². The fourth-order valence-electron chi connectivity index (χ4n) is 1.84. The summed E-state index contributed by atoms with van der Waals surface area (Å²) in [6.45, 7) is 0.622. The van der Waals surface area contributed by atoms with Crippen molar-refractivity contribution in [3.05, 3.63) is 34.3 Å². The van der Waals surface area contributed by atoms with E-state index in [1.807, 2.05) is 36.2 Å². The summed E-state index contributed by atoms with van der Waals surface area (Å²) >= 11 is 3.41. The molecule has 0 fully saturated rings. The van der Waals surface area contributed by atoms with Crippen molar-refractivity contribution >= 4 is 28.0 Å². The third kappa shape index (κ3) is 2.64. The van der Waals surface area contributed by atoms with Crippen LogP contribution in [0.25, 0.3) is 0 Å². The molecule has 0 aliphatic carbocycles. The number of methoxy groups -OCH3 is 1. The lowest BCUT2D eigenvalue weighted by Crippen LogP contribution is -2.40. The van der Waals surface area contributed by atoms with Crippen LogP contribution in [0.3, 0.4) is 0 Å². The minimum atomic E-state index is -0.503. The van der Waals surface area contributed by atoms with E-state index < -0.39 is 6.09 Å². The maximum atomic E-state index is 11.2. The number of carbonyl (C=O) groups is 1. The van der Waals surface area contributed by atoms with Gasteiger partial charge in [-0.3, -0.25) is 10.3 Å². The van der Waals surface area contributed by atoms with Gasteiger partial charge >= 0.3 is 6.09 Å². The molecule has 1 aromatic rings. The number of ether oxygens (including phenoxy) is 1. The number of hydrogen-bond donors (Lipinski definition) is 1. The van der Waals surface area contributed by atoms with Crippen molar-refractivity contribution in [2.75, 3.05) is 20.7 Å². The molecule has 0 aromatic heterocycles. The summed E-state index contributed by atoms with van der Waals surface area (Å²) in [4.78, 5) is 17.4. The number of carbonyl (C=O) groups excluding carboxylic acids is 1. The molecule has 0 saturated heterocycles. The topological polar surface area (TPSA) is 53.9 Å². The SMILES string of the molecule is COC(=O)NC1=NCC(c2ccc(Br)cc2)N1C. The number of alkyl carbamates (subject to hydrolysis) is 1. The molecule has 0 spiro atoms. The van der Waals surface area contributed by atoms with Gasteiger partial charge in [0, 0.05) is 11.5 Å². The van der Waals surface area contributed by atoms with Gasteiger partial charge < -0.3 is 9.64 Å². The molecule has 1 atom stereocenters. The molecule has 0 saturated carbocycles. The predicted molar refractivity (Wildman–Crippen MR) is 72.5 cm³/mol. The van der Waals surface area contributed by atoms with Gasteiger partial charge in [-0.25, -0.2) is 4.79 Å². The first-order chi connectivity index (χ1) is 8.61. The van der Waals surface area contributed by atoms with Crippen LogP contribution in [0.2, 0.25) is 0 Å². The Kier molecular flexibility index (Phi) is 3.86. The largest absolute Gasteiger partial charge is 0.453 e. The quantitative estimate of drug-likeness (QED) is 0.864. The molecule has 1 aromatic carbocycles. The number of nitrogens with one attached hydrogen (secondary N) is 1. The predicted octanol–water partition coefficient (Wildman–Crippen LogP) is 2.15. The van der Waals surface area contributed by atoms with Crippen LogP contribution >= 0.6 is 15.9 Å². The Labute approximate surface area is 114 Å². The van der Waals surface area contributed by atoms with Crippen molar-refractivity contribution in [2.45, 2.75) is 6.04 Å². The molecule has 2 rings (SSSR count). The first-order valence-corrected chi connectivity index (χ1v) is 6.29. The van der Waals surface area contributed by atoms with Gasteiger partial charge in [0.2, 0.25) is 5.96 Å². The van der Waals surface area contributed by atoms with Crippen LogP contribution in [0.15, 0.2) is 33.7 Å². The molecular formula is C12H14BrN3O2. The standard InChI is InChI=1S/C12H14BrN3O2/c1-16-10(8-3-5-9(13)6-4-8)7-14-11(16)15-12(17)18-2/h3-6,10H,7H2,1-2H3,(H,14,15,17). The second-order valence-corrected chi connectivity index (χ2v) is 4.87. The third-order valence-corrected chi connectivity index (χ3v) is 3.40. The van der Waals surface area contributed by atoms with Gasteiger partial charge in [-0.15, -0.1) is 0 Å². The summed E-state index contributed by atoms with van der Waals surface area (Å²) in [5, 5.41) is 2.59. The number of guanidine groups is 1. The van der Waals surface area contributed by atoms with Gasteiger partial charge in [0.25, 0.3) is 0 Å². The normalized spacial score (nSPS) is 18.5. The highest BCUT2D eigenvalue weighted by atomic mass is 79.9. The summed E-state index contributed by atoms with van der Waals surface area (Å²) in [5.74, 6) is 0.537. The Bertz CT molecular complexity index is 473. The minimum Gasteiger partial charge on any atom is -0.453 e. The Morgan fingerprint density at radius 3 is 2.78 bits per heavy atom. The van der Waals surface area contributed by atoms with Crippen LogP contribution in [0.4, 0.5) is 4.79 Å². The van der Waals surface area contributed by atoms with Gasteiger partial charge in [0.1, 0.15) is 0 Å². The van der Waals surface area contributed by atoms with E-state index in [9.17, 15) is 4.79 Å². The fourth-order valence-corrected chi connectivity index (χ4v) is 2.10. The first kappa shape index (κ1) is 12.9. The molecule has 1 amide bonds. The molecule has 1 aliphatic rings. The Hall–Kier alpha value is -1.56. The zero-order valence-electron chi connectivity index (χ0n) is 10.2. The number of likely N-dealkylation sites (N-methyl/N-ethyl adjacent to an activating group) is 1. The molecule has 0 radical (unpaired) electrons. The smallest absolute Gasteiger partial charge is 0.413 e. The molecule has 18 heavy (non-hydrogen) atoms. The first-order valence-electron chi connectivity index (χ1n) is 5.49. The lowest BCUT2D eigenvalue weighted by molar-refractivity contribution is 0.175. The lowest BCUT2D eigenvalue weighted by Gasteiger charge is -2.23. The maximum Gasteiger partial charge on any atom is 0.413 e. The number of aliphatic imine (C=N–C) groups is 1. The number of halogens is 1. The molecule has 5 nitrogen and oxygen atoms in total. The van der Waals surface area contributed by atoms with Crippen molar-refractivity contribution in [1.29, 1.82) is 0 Å². The summed E-state index contributed by atoms with van der Waals surface area (Å²) in [6, 6.07) is 8.22. The summed E-state index contributed by atoms with van der Waals surface area (Å²) < 4.78 is 5.60. The molecule has 96 valence electrons. The van der Waals surface area contributed by atoms with Crippen LogP contribution in [-0.2, 0) is 4.74 Å². The van der Waals surface area contributed by atoms with E-state index in [0.717, 1.165) is 10.0 Å². The summed E-state index contributed by atoms with van der Waals surface area (Å²) in [7, 11) is 3.23. The Morgan fingerprint density at radius 1 is 1.50 bits per heavy atom. The average Bonchev–Trinajstić information content (AvgIpc) is 2.72. The number of benzene rings is 1. The molecule has 1 unspecified atom stereocenters. The summed E-state index contributed by atoms with van der Waals surface area (Å²) in [5.41, 5.74) is 1.16. The van der Waals surface area contributed by atoms with E-state index in [2.05, 4.69) is 31.0 Å². The van der Waals surface area contributed by atoms with Crippen molar-refractivity contribution in [3.63, 3.8) is 0 Å². The van der Waals surface area contributed by atoms with E-state index in [4.69, 9.17) is 0 Å². The van der Waals surface area contributed by atoms with Crippen molar-refractivity contribution in [1.82, 2.24) is 10.2 Å². The molecular weight excluding hydrogens is 298 g/mol. The van der Waals surface area contributed by atoms with E-state index in [0.29, 0.717) is 12.5 Å². The van der Waals surface area contributed by atoms with Crippen molar-refractivity contribution in [3.8, 4) is 0 Å². The number of hydrogen-bond acceptors (Lipinski definition) is 4. The van der Waals surface area contributed by atoms with E-state index in [1.165, 1.54) is 7.11 Å². The second kappa shape index (κ2) is 5.39. The zero-order chi connectivity index (χ0) is 13.1. The fraction of sp³-hybridized carbons (Fsp3) is 0.333. The van der Waals surface area contributed by atoms with E-state index >= 15 is 0 Å². The van der Waals surface area contributed by atoms with Crippen LogP contribution in [-0.4, -0.2) is 37.7 Å². The van der Waals surface area contributed by atoms with Crippen LogP contribution in [0.5, 0.6) is 0 Å². The molecule has 1 heterocycles. The highest BCUT2D eigenvalue weighted by molar-refractivity contribution is 9.10. The van der Waals surface area contributed by atoms with E-state index in [1.54, 1.807) is 0 Å². The van der Waals surface area contributed by atoms with Crippen molar-refractivity contribution in [2.24, 2.45) is 4.99 Å². The summed E-state index contributed by atoms with van der Waals surface area (Å²) in [6.07, 6.45) is -0.503. The second-order valence-electron chi connectivity index (χ2n) is 3.96. The van der Waals surface area contributed by atoms with E-state index in [-0.39, 0.29) is 6.04 Å². The van der Waals surface area contributed by atoms with Crippen LogP contribution in [0.1, 0.15) is 11.6 Å². The number of rotatable bonds is 1. The minimum absolute atomic E-state index is 0.144. The maximum absolute atomic E-state index is 11.2. The monoisotopic (exact) mass is 311 g/mol. The van der Waals surface area contributed by atoms with Gasteiger partial charge in [-0.1, -0.05) is 28.1 Å². The van der Waals surface area contributed by atoms with Gasteiger partial charge in [0.05, 0.1) is 19.7 Å².